The highest BCUT2D eigenvalue weighted by atomic mass is 16.1. The van der Waals surface area contributed by atoms with Crippen LogP contribution in [-0.2, 0) is 0 Å². The van der Waals surface area contributed by atoms with Crippen LogP contribution in [0.4, 0.5) is 0 Å². The van der Waals surface area contributed by atoms with Gasteiger partial charge in [0.2, 0.25) is 0 Å². The van der Waals surface area contributed by atoms with Crippen LogP contribution in [0.25, 0.3) is 0 Å². The van der Waals surface area contributed by atoms with E-state index in [0.29, 0.717) is 6.04 Å². The molecule has 1 amide bonds. The molecule has 2 heteroatoms. The minimum absolute atomic E-state index is 0.0654. The Balaban J connectivity index is 0.000000606. The Bertz CT molecular complexity index is 367. The van der Waals surface area contributed by atoms with Crippen molar-refractivity contribution in [1.82, 2.24) is 5.32 Å². The summed E-state index contributed by atoms with van der Waals surface area (Å²) < 4.78 is 0. The van der Waals surface area contributed by atoms with Crippen molar-refractivity contribution < 1.29 is 4.79 Å². The van der Waals surface area contributed by atoms with Crippen molar-refractivity contribution in [2.45, 2.75) is 46.6 Å². The lowest BCUT2D eigenvalue weighted by atomic mass is 10.1. The Morgan fingerprint density at radius 1 is 1.19 bits per heavy atom. The first kappa shape index (κ1) is 12.8. The van der Waals surface area contributed by atoms with Crippen molar-refractivity contribution in [1.29, 1.82) is 0 Å². The number of rotatable bonds is 2. The number of amides is 1. The van der Waals surface area contributed by atoms with Crippen LogP contribution in [0.2, 0.25) is 0 Å². The molecule has 1 aromatic rings. The van der Waals surface area contributed by atoms with Gasteiger partial charge in [0, 0.05) is 11.6 Å². The minimum atomic E-state index is 0.0654. The first-order chi connectivity index (χ1) is 7.66. The van der Waals surface area contributed by atoms with Gasteiger partial charge >= 0.3 is 0 Å². The third-order valence-electron chi connectivity index (χ3n) is 2.68. The minimum Gasteiger partial charge on any atom is -0.349 e. The smallest absolute Gasteiger partial charge is 0.251 e. The molecule has 1 aliphatic carbocycles. The Kier molecular flexibility index (Phi) is 4.53. The molecule has 1 aromatic carbocycles. The quantitative estimate of drug-likeness (QED) is 0.813. The number of carbonyl (C=O) groups is 1. The van der Waals surface area contributed by atoms with E-state index in [0.717, 1.165) is 18.4 Å². The molecule has 1 aliphatic rings. The number of hydrogen-bond donors (Lipinski definition) is 1. The standard InChI is InChI=1S/C12H15NO.C2H6/c1-8-3-4-10(7-9(8)2)12(14)13-11-5-6-11;1-2/h3-4,7,11H,5-6H2,1-2H3,(H,13,14);1-2H3. The second kappa shape index (κ2) is 5.69. The summed E-state index contributed by atoms with van der Waals surface area (Å²) in [4.78, 5) is 11.6. The average Bonchev–Trinajstić information content (AvgIpc) is 3.09. The van der Waals surface area contributed by atoms with E-state index in [1.165, 1.54) is 11.1 Å². The van der Waals surface area contributed by atoms with E-state index in [1.807, 2.05) is 39.0 Å². The molecule has 0 unspecified atom stereocenters. The second-order valence-electron chi connectivity index (χ2n) is 4.05. The Labute approximate surface area is 98.1 Å². The molecule has 0 saturated heterocycles. The van der Waals surface area contributed by atoms with Gasteiger partial charge in [0.15, 0.2) is 0 Å². The summed E-state index contributed by atoms with van der Waals surface area (Å²) in [7, 11) is 0. The van der Waals surface area contributed by atoms with Gasteiger partial charge in [-0.3, -0.25) is 4.79 Å². The molecule has 1 N–H and O–H groups in total. The largest absolute Gasteiger partial charge is 0.349 e. The van der Waals surface area contributed by atoms with E-state index in [9.17, 15) is 4.79 Å². The van der Waals surface area contributed by atoms with Crippen molar-refractivity contribution in [2.75, 3.05) is 0 Å². The number of carbonyl (C=O) groups excluding carboxylic acids is 1. The highest BCUT2D eigenvalue weighted by Crippen LogP contribution is 2.19. The monoisotopic (exact) mass is 219 g/mol. The van der Waals surface area contributed by atoms with Crippen LogP contribution in [0.3, 0.4) is 0 Å². The molecule has 0 radical (unpaired) electrons. The summed E-state index contributed by atoms with van der Waals surface area (Å²) in [5.74, 6) is 0.0654. The second-order valence-corrected chi connectivity index (χ2v) is 4.05. The predicted molar refractivity (Wildman–Crippen MR) is 67.8 cm³/mol. The Morgan fingerprint density at radius 3 is 2.31 bits per heavy atom. The molecule has 16 heavy (non-hydrogen) atoms. The third-order valence-corrected chi connectivity index (χ3v) is 2.68. The van der Waals surface area contributed by atoms with Crippen molar-refractivity contribution in [3.63, 3.8) is 0 Å². The number of nitrogens with one attached hydrogen (secondary N) is 1. The summed E-state index contributed by atoms with van der Waals surface area (Å²) in [5.41, 5.74) is 3.18. The van der Waals surface area contributed by atoms with Gasteiger partial charge < -0.3 is 5.32 Å². The van der Waals surface area contributed by atoms with Crippen LogP contribution in [0.5, 0.6) is 0 Å². The van der Waals surface area contributed by atoms with Crippen LogP contribution in [0.15, 0.2) is 18.2 Å². The molecule has 0 aliphatic heterocycles. The molecule has 2 rings (SSSR count). The maximum Gasteiger partial charge on any atom is 0.251 e. The fourth-order valence-electron chi connectivity index (χ4n) is 1.38. The molecule has 2 nitrogen and oxygen atoms in total. The molecule has 1 saturated carbocycles. The van der Waals surface area contributed by atoms with Crippen molar-refractivity contribution >= 4 is 5.91 Å². The molecular formula is C14H21NO. The van der Waals surface area contributed by atoms with E-state index in [4.69, 9.17) is 0 Å². The third kappa shape index (κ3) is 3.37. The molecule has 1 fully saturated rings. The zero-order chi connectivity index (χ0) is 12.1. The van der Waals surface area contributed by atoms with Gasteiger partial charge in [-0.15, -0.1) is 0 Å². The SMILES string of the molecule is CC.Cc1ccc(C(=O)NC2CC2)cc1C. The van der Waals surface area contributed by atoms with E-state index in [1.54, 1.807) is 0 Å². The summed E-state index contributed by atoms with van der Waals surface area (Å²) in [6.07, 6.45) is 2.27. The van der Waals surface area contributed by atoms with Gasteiger partial charge in [-0.05, 0) is 49.9 Å². The lowest BCUT2D eigenvalue weighted by molar-refractivity contribution is 0.0951. The van der Waals surface area contributed by atoms with Gasteiger partial charge in [0.1, 0.15) is 0 Å². The maximum absolute atomic E-state index is 11.6. The van der Waals surface area contributed by atoms with E-state index in [2.05, 4.69) is 12.2 Å². The highest BCUT2D eigenvalue weighted by molar-refractivity contribution is 5.94. The van der Waals surface area contributed by atoms with Crippen LogP contribution in [0.1, 0.15) is 48.2 Å². The summed E-state index contributed by atoms with van der Waals surface area (Å²) in [5, 5.41) is 2.98. The fraction of sp³-hybridized carbons (Fsp3) is 0.500. The summed E-state index contributed by atoms with van der Waals surface area (Å²) >= 11 is 0. The van der Waals surface area contributed by atoms with Gasteiger partial charge in [-0.2, -0.15) is 0 Å². The van der Waals surface area contributed by atoms with Gasteiger partial charge in [0.25, 0.3) is 5.91 Å². The van der Waals surface area contributed by atoms with Crippen LogP contribution in [0, 0.1) is 13.8 Å². The number of aryl methyl sites for hydroxylation is 2. The van der Waals surface area contributed by atoms with Gasteiger partial charge in [-0.25, -0.2) is 0 Å². The van der Waals surface area contributed by atoms with Crippen molar-refractivity contribution in [2.24, 2.45) is 0 Å². The maximum atomic E-state index is 11.6. The molecule has 0 aromatic heterocycles. The lowest BCUT2D eigenvalue weighted by Crippen LogP contribution is -2.25. The Hall–Kier alpha value is -1.31. The Morgan fingerprint density at radius 2 is 1.81 bits per heavy atom. The van der Waals surface area contributed by atoms with E-state index in [-0.39, 0.29) is 5.91 Å². The fourth-order valence-corrected chi connectivity index (χ4v) is 1.38. The predicted octanol–water partition coefficient (Wildman–Crippen LogP) is 3.22. The molecule has 88 valence electrons. The molecule has 0 atom stereocenters. The van der Waals surface area contributed by atoms with Crippen molar-refractivity contribution in [3.05, 3.63) is 34.9 Å². The zero-order valence-corrected chi connectivity index (χ0v) is 10.6. The van der Waals surface area contributed by atoms with Gasteiger partial charge in [-0.1, -0.05) is 19.9 Å². The molecular weight excluding hydrogens is 198 g/mol. The van der Waals surface area contributed by atoms with E-state index < -0.39 is 0 Å². The van der Waals surface area contributed by atoms with Gasteiger partial charge in [0.05, 0.1) is 0 Å². The summed E-state index contributed by atoms with van der Waals surface area (Å²) in [6.45, 7) is 8.08. The normalized spacial score (nSPS) is 13.8. The summed E-state index contributed by atoms with van der Waals surface area (Å²) in [6, 6.07) is 6.27. The van der Waals surface area contributed by atoms with E-state index >= 15 is 0 Å². The topological polar surface area (TPSA) is 29.1 Å². The number of hydrogen-bond acceptors (Lipinski definition) is 1. The van der Waals surface area contributed by atoms with Crippen molar-refractivity contribution in [3.8, 4) is 0 Å². The number of benzene rings is 1. The molecule has 0 heterocycles. The van der Waals surface area contributed by atoms with Crippen LogP contribution >= 0.6 is 0 Å². The zero-order valence-electron chi connectivity index (χ0n) is 10.6. The molecule has 0 spiro atoms. The van der Waals surface area contributed by atoms with Crippen LogP contribution in [-0.4, -0.2) is 11.9 Å². The van der Waals surface area contributed by atoms with Crippen LogP contribution < -0.4 is 5.32 Å². The first-order valence-electron chi connectivity index (χ1n) is 6.05. The lowest BCUT2D eigenvalue weighted by Gasteiger charge is -2.05. The first-order valence-corrected chi connectivity index (χ1v) is 6.05. The average molecular weight is 219 g/mol. The highest BCUT2D eigenvalue weighted by Gasteiger charge is 2.23. The molecule has 0 bridgehead atoms.